The number of aromatic nitrogens is 4. The SMILES string of the molecule is c1ccc(COCCCn2c[n+](CCC[n+]3cn(CCCOCc4ccccc4)c4ccccc43)c3ccccc32)cc1. The molecule has 2 heterocycles. The first-order valence-electron chi connectivity index (χ1n) is 15.5. The summed E-state index contributed by atoms with van der Waals surface area (Å²) in [4.78, 5) is 0. The van der Waals surface area contributed by atoms with Gasteiger partial charge in [-0.3, -0.25) is 0 Å². The molecule has 43 heavy (non-hydrogen) atoms. The van der Waals surface area contributed by atoms with Crippen LogP contribution in [0.5, 0.6) is 0 Å². The van der Waals surface area contributed by atoms with E-state index in [-0.39, 0.29) is 0 Å². The number of hydrogen-bond donors (Lipinski definition) is 0. The van der Waals surface area contributed by atoms with Crippen molar-refractivity contribution in [3.8, 4) is 0 Å². The highest BCUT2D eigenvalue weighted by atomic mass is 16.5. The molecule has 6 heteroatoms. The summed E-state index contributed by atoms with van der Waals surface area (Å²) in [5.41, 5.74) is 7.58. The van der Waals surface area contributed by atoms with Gasteiger partial charge in [0.25, 0.3) is 0 Å². The number of aryl methyl sites for hydroxylation is 4. The molecular formula is C37H42N4O2+2. The minimum atomic E-state index is 0.670. The van der Waals surface area contributed by atoms with E-state index in [2.05, 4.69) is 128 Å². The Morgan fingerprint density at radius 2 is 0.884 bits per heavy atom. The van der Waals surface area contributed by atoms with Gasteiger partial charge in [-0.15, -0.1) is 0 Å². The number of hydrogen-bond acceptors (Lipinski definition) is 2. The summed E-state index contributed by atoms with van der Waals surface area (Å²) in [7, 11) is 0. The molecule has 0 bridgehead atoms. The van der Waals surface area contributed by atoms with Crippen molar-refractivity contribution in [1.29, 1.82) is 0 Å². The first-order chi connectivity index (χ1) is 21.3. The second-order valence-corrected chi connectivity index (χ2v) is 11.1. The van der Waals surface area contributed by atoms with Crippen LogP contribution in [0.15, 0.2) is 122 Å². The van der Waals surface area contributed by atoms with Crippen LogP contribution in [-0.4, -0.2) is 22.3 Å². The number of fused-ring (bicyclic) bond motifs is 2. The Bertz CT molecular complexity index is 1580. The molecular weight excluding hydrogens is 532 g/mol. The van der Waals surface area contributed by atoms with E-state index in [1.165, 1.54) is 33.2 Å². The Morgan fingerprint density at radius 1 is 0.465 bits per heavy atom. The standard InChI is InChI=1S/C37H42N4O2/c1-3-14-32(15-4-1)28-42-26-12-24-40-30-38(34-18-7-9-20-36(34)40)22-11-23-39-31-41(37-21-10-8-19-35(37)39)25-13-27-43-29-33-16-5-2-6-17-33/h1-10,14-21,30-31H,11-13,22-29H2/q+2. The molecule has 0 aliphatic heterocycles. The van der Waals surface area contributed by atoms with Crippen LogP contribution in [0.25, 0.3) is 22.1 Å². The zero-order valence-corrected chi connectivity index (χ0v) is 24.9. The molecule has 6 aromatic rings. The minimum Gasteiger partial charge on any atom is -0.377 e. The molecule has 0 aliphatic rings. The third kappa shape index (κ3) is 7.58. The molecule has 6 nitrogen and oxygen atoms in total. The van der Waals surface area contributed by atoms with Crippen molar-refractivity contribution in [2.24, 2.45) is 0 Å². The van der Waals surface area contributed by atoms with Gasteiger partial charge >= 0.3 is 0 Å². The fraction of sp³-hybridized carbons (Fsp3) is 0.297. The van der Waals surface area contributed by atoms with Crippen LogP contribution in [0.4, 0.5) is 0 Å². The Morgan fingerprint density at radius 3 is 1.35 bits per heavy atom. The number of benzene rings is 4. The number of rotatable bonds is 16. The van der Waals surface area contributed by atoms with E-state index in [0.717, 1.165) is 58.7 Å². The van der Waals surface area contributed by atoms with Gasteiger partial charge in [0.2, 0.25) is 12.7 Å². The molecule has 220 valence electrons. The van der Waals surface area contributed by atoms with Crippen molar-refractivity contribution in [3.05, 3.63) is 133 Å². The van der Waals surface area contributed by atoms with E-state index in [1.54, 1.807) is 0 Å². The van der Waals surface area contributed by atoms with Gasteiger partial charge < -0.3 is 9.47 Å². The van der Waals surface area contributed by atoms with E-state index < -0.39 is 0 Å². The summed E-state index contributed by atoms with van der Waals surface area (Å²) in [5, 5.41) is 0. The van der Waals surface area contributed by atoms with Crippen LogP contribution in [0.1, 0.15) is 30.4 Å². The number of ether oxygens (including phenoxy) is 2. The van der Waals surface area contributed by atoms with E-state index >= 15 is 0 Å². The van der Waals surface area contributed by atoms with Gasteiger partial charge in [-0.2, -0.15) is 0 Å². The molecule has 0 radical (unpaired) electrons. The van der Waals surface area contributed by atoms with Crippen LogP contribution in [0.3, 0.4) is 0 Å². The molecule has 0 aliphatic carbocycles. The van der Waals surface area contributed by atoms with Gasteiger partial charge in [-0.1, -0.05) is 84.9 Å². The maximum atomic E-state index is 5.93. The van der Waals surface area contributed by atoms with Gasteiger partial charge in [0.05, 0.1) is 52.6 Å². The maximum Gasteiger partial charge on any atom is 0.244 e. The largest absolute Gasteiger partial charge is 0.377 e. The van der Waals surface area contributed by atoms with Crippen molar-refractivity contribution in [3.63, 3.8) is 0 Å². The summed E-state index contributed by atoms with van der Waals surface area (Å²) < 4.78 is 21.4. The number of nitrogens with zero attached hydrogens (tertiary/aromatic N) is 4. The lowest BCUT2D eigenvalue weighted by Gasteiger charge is -2.03. The lowest BCUT2D eigenvalue weighted by Crippen LogP contribution is -2.38. The number of para-hydroxylation sites is 4. The van der Waals surface area contributed by atoms with Gasteiger partial charge in [-0.25, -0.2) is 18.3 Å². The van der Waals surface area contributed by atoms with Crippen molar-refractivity contribution < 1.29 is 18.6 Å². The van der Waals surface area contributed by atoms with Crippen molar-refractivity contribution >= 4 is 22.1 Å². The fourth-order valence-corrected chi connectivity index (χ4v) is 5.81. The van der Waals surface area contributed by atoms with Crippen molar-refractivity contribution in [2.45, 2.75) is 58.7 Å². The third-order valence-electron chi connectivity index (χ3n) is 7.96. The highest BCUT2D eigenvalue weighted by Gasteiger charge is 2.17. The molecule has 2 aromatic heterocycles. The van der Waals surface area contributed by atoms with Crippen LogP contribution in [0, 0.1) is 0 Å². The van der Waals surface area contributed by atoms with Crippen molar-refractivity contribution in [1.82, 2.24) is 9.13 Å². The Hall–Kier alpha value is -4.26. The molecule has 0 fully saturated rings. The van der Waals surface area contributed by atoms with Gasteiger partial charge in [0, 0.05) is 19.3 Å². The summed E-state index contributed by atoms with van der Waals surface area (Å²) >= 11 is 0. The van der Waals surface area contributed by atoms with E-state index in [1.807, 2.05) is 12.1 Å². The second-order valence-electron chi connectivity index (χ2n) is 11.1. The Balaban J connectivity index is 1.02. The molecule has 6 rings (SSSR count). The molecule has 0 saturated heterocycles. The maximum absolute atomic E-state index is 5.93. The minimum absolute atomic E-state index is 0.670. The van der Waals surface area contributed by atoms with E-state index in [0.29, 0.717) is 13.2 Å². The zero-order valence-electron chi connectivity index (χ0n) is 24.9. The predicted molar refractivity (Wildman–Crippen MR) is 170 cm³/mol. The van der Waals surface area contributed by atoms with Crippen molar-refractivity contribution in [2.75, 3.05) is 13.2 Å². The molecule has 0 atom stereocenters. The molecule has 0 saturated carbocycles. The summed E-state index contributed by atoms with van der Waals surface area (Å²) in [6.07, 6.45) is 7.59. The van der Waals surface area contributed by atoms with E-state index in [9.17, 15) is 0 Å². The summed E-state index contributed by atoms with van der Waals surface area (Å²) in [6.45, 7) is 6.67. The average molecular weight is 575 g/mol. The van der Waals surface area contributed by atoms with Crippen LogP contribution in [0.2, 0.25) is 0 Å². The fourth-order valence-electron chi connectivity index (χ4n) is 5.81. The highest BCUT2D eigenvalue weighted by molar-refractivity contribution is 5.72. The summed E-state index contributed by atoms with van der Waals surface area (Å²) in [6, 6.07) is 38.2. The molecule has 0 amide bonds. The molecule has 0 unspecified atom stereocenters. The highest BCUT2D eigenvalue weighted by Crippen LogP contribution is 2.14. The molecule has 0 spiro atoms. The average Bonchev–Trinajstić information content (AvgIpc) is 3.60. The first-order valence-corrected chi connectivity index (χ1v) is 15.5. The van der Waals surface area contributed by atoms with Crippen LogP contribution in [-0.2, 0) is 48.9 Å². The van der Waals surface area contributed by atoms with Gasteiger partial charge in [-0.05, 0) is 35.4 Å². The summed E-state index contributed by atoms with van der Waals surface area (Å²) in [5.74, 6) is 0. The lowest BCUT2D eigenvalue weighted by molar-refractivity contribution is -0.703. The van der Waals surface area contributed by atoms with Crippen LogP contribution >= 0.6 is 0 Å². The van der Waals surface area contributed by atoms with E-state index in [4.69, 9.17) is 9.47 Å². The van der Waals surface area contributed by atoms with Crippen LogP contribution < -0.4 is 9.13 Å². The van der Waals surface area contributed by atoms with Gasteiger partial charge in [0.15, 0.2) is 22.1 Å². The zero-order chi connectivity index (χ0) is 29.1. The predicted octanol–water partition coefficient (Wildman–Crippen LogP) is 6.48. The third-order valence-corrected chi connectivity index (χ3v) is 7.96. The second kappa shape index (κ2) is 14.8. The first kappa shape index (κ1) is 28.8. The Labute approximate surface area is 254 Å². The smallest absolute Gasteiger partial charge is 0.244 e. The Kier molecular flexibility index (Phi) is 9.90. The lowest BCUT2D eigenvalue weighted by atomic mass is 10.2. The number of imidazole rings is 2. The monoisotopic (exact) mass is 574 g/mol. The topological polar surface area (TPSA) is 36.1 Å². The van der Waals surface area contributed by atoms with Gasteiger partial charge in [0.1, 0.15) is 0 Å². The quantitative estimate of drug-likeness (QED) is 0.0981. The normalized spacial score (nSPS) is 11.5. The molecule has 0 N–H and O–H groups in total. The molecule has 4 aromatic carbocycles.